The minimum absolute atomic E-state index is 0.252. The number of aromatic nitrogens is 2. The van der Waals surface area contributed by atoms with Gasteiger partial charge in [0, 0.05) is 6.54 Å². The first-order valence-electron chi connectivity index (χ1n) is 7.96. The summed E-state index contributed by atoms with van der Waals surface area (Å²) in [6, 6.07) is 5.03. The maximum atomic E-state index is 12.2. The molecule has 0 aliphatic carbocycles. The normalized spacial score (nSPS) is 17.2. The van der Waals surface area contributed by atoms with Crippen LogP contribution in [-0.4, -0.2) is 40.4 Å². The highest BCUT2D eigenvalue weighted by atomic mass is 35.5. The number of ether oxygens (including phenoxy) is 2. The predicted molar refractivity (Wildman–Crippen MR) is 91.6 cm³/mol. The van der Waals surface area contributed by atoms with Gasteiger partial charge in [-0.25, -0.2) is 4.79 Å². The zero-order chi connectivity index (χ0) is 18.2. The molecule has 25 heavy (non-hydrogen) atoms. The Bertz CT molecular complexity index is 784. The summed E-state index contributed by atoms with van der Waals surface area (Å²) in [4.78, 5) is 18.2. The van der Waals surface area contributed by atoms with Gasteiger partial charge in [0.25, 0.3) is 5.89 Å². The van der Waals surface area contributed by atoms with Crippen LogP contribution in [0.5, 0.6) is 5.75 Å². The van der Waals surface area contributed by atoms with Crippen molar-refractivity contribution in [2.45, 2.75) is 38.8 Å². The van der Waals surface area contributed by atoms with Gasteiger partial charge in [0.2, 0.25) is 0 Å². The molecule has 1 fully saturated rings. The molecule has 0 bridgehead atoms. The fraction of sp³-hybridized carbons (Fsp3) is 0.471. The highest BCUT2D eigenvalue weighted by Crippen LogP contribution is 2.37. The van der Waals surface area contributed by atoms with Gasteiger partial charge in [-0.2, -0.15) is 4.98 Å². The monoisotopic (exact) mass is 365 g/mol. The van der Waals surface area contributed by atoms with Crippen molar-refractivity contribution in [3.63, 3.8) is 0 Å². The van der Waals surface area contributed by atoms with E-state index < -0.39 is 5.60 Å². The van der Waals surface area contributed by atoms with Crippen molar-refractivity contribution >= 4 is 17.7 Å². The first-order valence-corrected chi connectivity index (χ1v) is 8.34. The molecule has 0 unspecified atom stereocenters. The topological polar surface area (TPSA) is 77.7 Å². The van der Waals surface area contributed by atoms with E-state index in [9.17, 15) is 4.79 Å². The highest BCUT2D eigenvalue weighted by molar-refractivity contribution is 6.32. The van der Waals surface area contributed by atoms with Gasteiger partial charge in [0.05, 0.1) is 17.7 Å². The number of benzene rings is 1. The molecule has 1 saturated heterocycles. The Kier molecular flexibility index (Phi) is 4.60. The van der Waals surface area contributed by atoms with Crippen LogP contribution in [0, 0.1) is 0 Å². The average Bonchev–Trinajstić information content (AvgIpc) is 2.92. The molecule has 0 N–H and O–H groups in total. The Hall–Kier alpha value is -2.28. The fourth-order valence-electron chi connectivity index (χ4n) is 2.56. The summed E-state index contributed by atoms with van der Waals surface area (Å²) in [5.74, 6) is 1.21. The van der Waals surface area contributed by atoms with E-state index in [4.69, 9.17) is 25.6 Å². The van der Waals surface area contributed by atoms with E-state index in [1.165, 1.54) is 7.11 Å². The highest BCUT2D eigenvalue weighted by Gasteiger charge is 2.39. The Labute approximate surface area is 150 Å². The van der Waals surface area contributed by atoms with Gasteiger partial charge < -0.3 is 14.0 Å². The lowest BCUT2D eigenvalue weighted by atomic mass is 10.0. The van der Waals surface area contributed by atoms with E-state index in [2.05, 4.69) is 10.1 Å². The largest absolute Gasteiger partial charge is 0.494 e. The van der Waals surface area contributed by atoms with Crippen molar-refractivity contribution in [1.29, 1.82) is 0 Å². The molecule has 2 aromatic rings. The Morgan fingerprint density at radius 1 is 1.40 bits per heavy atom. The molecule has 8 heteroatoms. The molecule has 1 amide bonds. The molecule has 0 saturated carbocycles. The second-order valence-electron chi connectivity index (χ2n) is 6.76. The standard InChI is InChI=1S/C17H20ClN3O4/c1-17(2,3)24-16(22)21-9-8-12(21)14-19-15(25-20-14)10-6-5-7-11(18)13(10)23-4/h5-7,12H,8-9H2,1-4H3/t12-/m0/s1. The number of rotatable bonds is 3. The quantitative estimate of drug-likeness (QED) is 0.815. The van der Waals surface area contributed by atoms with E-state index in [0.29, 0.717) is 34.6 Å². The SMILES string of the molecule is COc1c(Cl)cccc1-c1nc([C@@H]2CCN2C(=O)OC(C)(C)C)no1. The van der Waals surface area contributed by atoms with E-state index in [0.717, 1.165) is 6.42 Å². The van der Waals surface area contributed by atoms with Crippen molar-refractivity contribution < 1.29 is 18.8 Å². The Balaban J connectivity index is 1.81. The number of carbonyl (C=O) groups is 1. The van der Waals surface area contributed by atoms with Gasteiger partial charge >= 0.3 is 6.09 Å². The third-order valence-corrected chi connectivity index (χ3v) is 4.09. The summed E-state index contributed by atoms with van der Waals surface area (Å²) in [6.07, 6.45) is 0.376. The molecule has 0 spiro atoms. The molecule has 1 aromatic heterocycles. The summed E-state index contributed by atoms with van der Waals surface area (Å²) < 4.78 is 16.1. The zero-order valence-corrected chi connectivity index (χ0v) is 15.3. The molecule has 2 heterocycles. The third-order valence-electron chi connectivity index (χ3n) is 3.79. The maximum Gasteiger partial charge on any atom is 0.410 e. The van der Waals surface area contributed by atoms with Gasteiger partial charge in [-0.3, -0.25) is 4.90 Å². The number of para-hydroxylation sites is 1. The van der Waals surface area contributed by atoms with Crippen LogP contribution in [-0.2, 0) is 4.74 Å². The van der Waals surface area contributed by atoms with Crippen LogP contribution in [0.15, 0.2) is 22.7 Å². The smallest absolute Gasteiger partial charge is 0.410 e. The second kappa shape index (κ2) is 6.55. The second-order valence-corrected chi connectivity index (χ2v) is 7.16. The number of hydrogen-bond donors (Lipinski definition) is 0. The lowest BCUT2D eigenvalue weighted by Crippen LogP contribution is -2.47. The van der Waals surface area contributed by atoms with Crippen molar-refractivity contribution in [2.75, 3.05) is 13.7 Å². The molecule has 1 aliphatic rings. The summed E-state index contributed by atoms with van der Waals surface area (Å²) in [7, 11) is 1.53. The van der Waals surface area contributed by atoms with Crippen molar-refractivity contribution in [1.82, 2.24) is 15.0 Å². The first-order chi connectivity index (χ1) is 11.8. The maximum absolute atomic E-state index is 12.2. The van der Waals surface area contributed by atoms with Gasteiger partial charge in [-0.05, 0) is 39.3 Å². The number of methoxy groups -OCH3 is 1. The number of nitrogens with zero attached hydrogens (tertiary/aromatic N) is 3. The number of carbonyl (C=O) groups excluding carboxylic acids is 1. The van der Waals surface area contributed by atoms with E-state index >= 15 is 0 Å². The molecule has 1 atom stereocenters. The first kappa shape index (κ1) is 17.5. The van der Waals surface area contributed by atoms with Crippen LogP contribution in [0.1, 0.15) is 39.1 Å². The Morgan fingerprint density at radius 3 is 2.76 bits per heavy atom. The lowest BCUT2D eigenvalue weighted by Gasteiger charge is -2.39. The molecular formula is C17H20ClN3O4. The van der Waals surface area contributed by atoms with Crippen LogP contribution >= 0.6 is 11.6 Å². The molecule has 134 valence electrons. The van der Waals surface area contributed by atoms with Gasteiger partial charge in [0.15, 0.2) is 5.82 Å². The van der Waals surface area contributed by atoms with Gasteiger partial charge in [-0.15, -0.1) is 0 Å². The lowest BCUT2D eigenvalue weighted by molar-refractivity contribution is -0.00772. The van der Waals surface area contributed by atoms with Crippen molar-refractivity contribution in [3.05, 3.63) is 29.0 Å². The van der Waals surface area contributed by atoms with Crippen molar-refractivity contribution in [3.8, 4) is 17.2 Å². The number of hydrogen-bond acceptors (Lipinski definition) is 6. The fourth-order valence-corrected chi connectivity index (χ4v) is 2.81. The Morgan fingerprint density at radius 2 is 2.16 bits per heavy atom. The molecule has 0 radical (unpaired) electrons. The van der Waals surface area contributed by atoms with Gasteiger partial charge in [0.1, 0.15) is 17.4 Å². The minimum atomic E-state index is -0.548. The number of amides is 1. The summed E-state index contributed by atoms with van der Waals surface area (Å²) in [6.45, 7) is 6.09. The van der Waals surface area contributed by atoms with Crippen LogP contribution in [0.25, 0.3) is 11.5 Å². The molecular weight excluding hydrogens is 346 g/mol. The van der Waals surface area contributed by atoms with E-state index in [-0.39, 0.29) is 12.1 Å². The van der Waals surface area contributed by atoms with E-state index in [1.807, 2.05) is 20.8 Å². The molecule has 3 rings (SSSR count). The molecule has 7 nitrogen and oxygen atoms in total. The summed E-state index contributed by atoms with van der Waals surface area (Å²) >= 11 is 6.13. The average molecular weight is 366 g/mol. The molecule has 1 aromatic carbocycles. The van der Waals surface area contributed by atoms with Crippen molar-refractivity contribution in [2.24, 2.45) is 0 Å². The number of halogens is 1. The summed E-state index contributed by atoms with van der Waals surface area (Å²) in [5.41, 5.74) is 0.0604. The molecule has 1 aliphatic heterocycles. The van der Waals surface area contributed by atoms with Crippen LogP contribution in [0.3, 0.4) is 0 Å². The van der Waals surface area contributed by atoms with Crippen LogP contribution in [0.2, 0.25) is 5.02 Å². The summed E-state index contributed by atoms with van der Waals surface area (Å²) in [5, 5.41) is 4.47. The van der Waals surface area contributed by atoms with Crippen LogP contribution < -0.4 is 4.74 Å². The predicted octanol–water partition coefficient (Wildman–Crippen LogP) is 4.08. The van der Waals surface area contributed by atoms with E-state index in [1.54, 1.807) is 23.1 Å². The van der Waals surface area contributed by atoms with Crippen LogP contribution in [0.4, 0.5) is 4.79 Å². The third kappa shape index (κ3) is 3.56. The number of likely N-dealkylation sites (tertiary alicyclic amines) is 1. The zero-order valence-electron chi connectivity index (χ0n) is 14.6. The minimum Gasteiger partial charge on any atom is -0.494 e. The van der Waals surface area contributed by atoms with Gasteiger partial charge in [-0.1, -0.05) is 22.8 Å².